The molecule has 0 bridgehead atoms. The van der Waals surface area contributed by atoms with Gasteiger partial charge in [0.25, 0.3) is 0 Å². The Kier molecular flexibility index (Phi) is 5.98. The topological polar surface area (TPSA) is 67.6 Å². The smallest absolute Gasteiger partial charge is 0.336 e. The van der Waals surface area contributed by atoms with E-state index < -0.39 is 10.0 Å². The number of aryl methyl sites for hydroxylation is 2. The monoisotopic (exact) mass is 417 g/mol. The molecule has 0 fully saturated rings. The zero-order valence-electron chi connectivity index (χ0n) is 16.4. The molecular formula is C21H23NO4S2. The van der Waals surface area contributed by atoms with Crippen LogP contribution in [0, 0.1) is 13.8 Å². The van der Waals surface area contributed by atoms with E-state index in [0.717, 1.165) is 27.6 Å². The largest absolute Gasteiger partial charge is 0.423 e. The van der Waals surface area contributed by atoms with Gasteiger partial charge in [-0.3, -0.25) is 0 Å². The fourth-order valence-corrected chi connectivity index (χ4v) is 4.84. The van der Waals surface area contributed by atoms with E-state index >= 15 is 0 Å². The zero-order valence-corrected chi connectivity index (χ0v) is 18.0. The lowest BCUT2D eigenvalue weighted by Crippen LogP contribution is -2.22. The molecule has 0 unspecified atom stereocenters. The molecule has 148 valence electrons. The summed E-state index contributed by atoms with van der Waals surface area (Å²) >= 11 is 1.63. The zero-order chi connectivity index (χ0) is 20.5. The van der Waals surface area contributed by atoms with Crippen molar-refractivity contribution in [2.75, 3.05) is 14.1 Å². The number of benzene rings is 2. The highest BCUT2D eigenvalue weighted by Crippen LogP contribution is 2.26. The Morgan fingerprint density at radius 1 is 1.00 bits per heavy atom. The second kappa shape index (κ2) is 8.11. The number of rotatable bonds is 6. The maximum Gasteiger partial charge on any atom is 0.336 e. The van der Waals surface area contributed by atoms with Crippen LogP contribution in [-0.4, -0.2) is 26.8 Å². The van der Waals surface area contributed by atoms with E-state index in [-0.39, 0.29) is 10.5 Å². The van der Waals surface area contributed by atoms with Crippen molar-refractivity contribution in [3.05, 3.63) is 75.1 Å². The standard InChI is InChI=1S/C21H23NO4S2/c1-14-8-19-17(11-21(23)26-20(19)9-15(14)2)13-27-12-16-6-5-7-18(10-16)28(24,25)22(3)4/h5-11H,12-13H2,1-4H3. The van der Waals surface area contributed by atoms with E-state index in [9.17, 15) is 13.2 Å². The predicted molar refractivity (Wildman–Crippen MR) is 114 cm³/mol. The summed E-state index contributed by atoms with van der Waals surface area (Å²) in [5, 5.41) is 0.944. The third-order valence-corrected chi connectivity index (χ3v) is 7.51. The summed E-state index contributed by atoms with van der Waals surface area (Å²) in [7, 11) is -0.409. The summed E-state index contributed by atoms with van der Waals surface area (Å²) in [6.45, 7) is 4.03. The summed E-state index contributed by atoms with van der Waals surface area (Å²) in [4.78, 5) is 12.2. The molecule has 0 aliphatic rings. The fraction of sp³-hybridized carbons (Fsp3) is 0.286. The predicted octanol–water partition coefficient (Wildman–Crippen LogP) is 4.09. The van der Waals surface area contributed by atoms with Gasteiger partial charge in [-0.15, -0.1) is 0 Å². The van der Waals surface area contributed by atoms with Crippen LogP contribution < -0.4 is 5.63 Å². The Hall–Kier alpha value is -2.09. The molecule has 28 heavy (non-hydrogen) atoms. The molecule has 0 aliphatic carbocycles. The van der Waals surface area contributed by atoms with Gasteiger partial charge >= 0.3 is 5.63 Å². The van der Waals surface area contributed by atoms with Gasteiger partial charge in [0.2, 0.25) is 10.0 Å². The van der Waals surface area contributed by atoms with Gasteiger partial charge in [0.05, 0.1) is 4.90 Å². The molecule has 0 radical (unpaired) electrons. The number of nitrogens with zero attached hydrogens (tertiary/aromatic N) is 1. The van der Waals surface area contributed by atoms with Crippen LogP contribution in [0.15, 0.2) is 56.6 Å². The number of sulfonamides is 1. The molecule has 0 aliphatic heterocycles. The van der Waals surface area contributed by atoms with Gasteiger partial charge in [0.1, 0.15) is 5.58 Å². The van der Waals surface area contributed by atoms with Crippen molar-refractivity contribution in [1.29, 1.82) is 0 Å². The summed E-state index contributed by atoms with van der Waals surface area (Å²) < 4.78 is 31.1. The first kappa shape index (κ1) is 20.6. The summed E-state index contributed by atoms with van der Waals surface area (Å²) in [6, 6.07) is 12.5. The Labute approximate surface area is 169 Å². The summed E-state index contributed by atoms with van der Waals surface area (Å²) in [6.07, 6.45) is 0. The second-order valence-corrected chi connectivity index (χ2v) is 10.1. The Balaban J connectivity index is 1.81. The van der Waals surface area contributed by atoms with Gasteiger partial charge < -0.3 is 4.42 Å². The van der Waals surface area contributed by atoms with Crippen LogP contribution in [0.1, 0.15) is 22.3 Å². The molecule has 3 aromatic rings. The van der Waals surface area contributed by atoms with Gasteiger partial charge in [-0.05, 0) is 60.4 Å². The molecular weight excluding hydrogens is 394 g/mol. The SMILES string of the molecule is Cc1cc2oc(=O)cc(CSCc3cccc(S(=O)(=O)N(C)C)c3)c2cc1C. The normalized spacial score (nSPS) is 12.0. The van der Waals surface area contributed by atoms with Crippen LogP contribution in [-0.2, 0) is 21.5 Å². The number of thioether (sulfide) groups is 1. The van der Waals surface area contributed by atoms with Crippen molar-refractivity contribution < 1.29 is 12.8 Å². The first-order valence-corrected chi connectivity index (χ1v) is 11.4. The van der Waals surface area contributed by atoms with E-state index in [1.165, 1.54) is 24.5 Å². The fourth-order valence-electron chi connectivity index (χ4n) is 2.89. The van der Waals surface area contributed by atoms with Crippen molar-refractivity contribution in [3.8, 4) is 0 Å². The molecule has 0 atom stereocenters. The van der Waals surface area contributed by atoms with Crippen molar-refractivity contribution in [3.63, 3.8) is 0 Å². The van der Waals surface area contributed by atoms with Crippen LogP contribution >= 0.6 is 11.8 Å². The minimum Gasteiger partial charge on any atom is -0.423 e. The first-order valence-electron chi connectivity index (χ1n) is 8.81. The molecule has 2 aromatic carbocycles. The molecule has 3 rings (SSSR count). The number of hydrogen-bond donors (Lipinski definition) is 0. The molecule has 0 N–H and O–H groups in total. The molecule has 0 amide bonds. The Bertz CT molecular complexity index is 1180. The van der Waals surface area contributed by atoms with Crippen molar-refractivity contribution >= 4 is 32.8 Å². The second-order valence-electron chi connectivity index (χ2n) is 6.95. The van der Waals surface area contributed by atoms with Crippen LogP contribution in [0.25, 0.3) is 11.0 Å². The van der Waals surface area contributed by atoms with Gasteiger partial charge in [-0.1, -0.05) is 12.1 Å². The van der Waals surface area contributed by atoms with Gasteiger partial charge in [0, 0.05) is 37.1 Å². The van der Waals surface area contributed by atoms with Crippen molar-refractivity contribution in [1.82, 2.24) is 4.31 Å². The van der Waals surface area contributed by atoms with E-state index in [0.29, 0.717) is 17.1 Å². The first-order chi connectivity index (χ1) is 13.2. The molecule has 0 saturated heterocycles. The maximum absolute atomic E-state index is 12.3. The van der Waals surface area contributed by atoms with E-state index in [1.54, 1.807) is 30.0 Å². The van der Waals surface area contributed by atoms with E-state index in [4.69, 9.17) is 4.42 Å². The highest BCUT2D eigenvalue weighted by molar-refractivity contribution is 7.97. The molecule has 0 saturated carbocycles. The van der Waals surface area contributed by atoms with Gasteiger partial charge in [-0.25, -0.2) is 17.5 Å². The lowest BCUT2D eigenvalue weighted by molar-refractivity contribution is 0.520. The molecule has 0 spiro atoms. The van der Waals surface area contributed by atoms with E-state index in [1.807, 2.05) is 32.0 Å². The van der Waals surface area contributed by atoms with Crippen molar-refractivity contribution in [2.45, 2.75) is 30.2 Å². The van der Waals surface area contributed by atoms with Crippen LogP contribution in [0.4, 0.5) is 0 Å². The molecule has 1 aromatic heterocycles. The quantitative estimate of drug-likeness (QED) is 0.565. The highest BCUT2D eigenvalue weighted by Gasteiger charge is 2.17. The number of fused-ring (bicyclic) bond motifs is 1. The highest BCUT2D eigenvalue weighted by atomic mass is 32.2. The van der Waals surface area contributed by atoms with Crippen LogP contribution in [0.5, 0.6) is 0 Å². The molecule has 5 nitrogen and oxygen atoms in total. The summed E-state index contributed by atoms with van der Waals surface area (Å²) in [5.41, 5.74) is 4.33. The third kappa shape index (κ3) is 4.32. The average molecular weight is 418 g/mol. The van der Waals surface area contributed by atoms with Crippen molar-refractivity contribution in [2.24, 2.45) is 0 Å². The summed E-state index contributed by atoms with van der Waals surface area (Å²) in [5.74, 6) is 1.28. The third-order valence-electron chi connectivity index (χ3n) is 4.65. The van der Waals surface area contributed by atoms with Crippen LogP contribution in [0.2, 0.25) is 0 Å². The average Bonchev–Trinajstić information content (AvgIpc) is 2.63. The Morgan fingerprint density at radius 3 is 2.43 bits per heavy atom. The molecule has 1 heterocycles. The Morgan fingerprint density at radius 2 is 1.71 bits per heavy atom. The minimum atomic E-state index is -3.45. The number of hydrogen-bond acceptors (Lipinski definition) is 5. The maximum atomic E-state index is 12.3. The minimum absolute atomic E-state index is 0.285. The van der Waals surface area contributed by atoms with Gasteiger partial charge in [0.15, 0.2) is 0 Å². The lowest BCUT2D eigenvalue weighted by atomic mass is 10.0. The molecule has 7 heteroatoms. The lowest BCUT2D eigenvalue weighted by Gasteiger charge is -2.12. The van der Waals surface area contributed by atoms with Gasteiger partial charge in [-0.2, -0.15) is 11.8 Å². The van der Waals surface area contributed by atoms with Crippen LogP contribution in [0.3, 0.4) is 0 Å². The van der Waals surface area contributed by atoms with E-state index in [2.05, 4.69) is 0 Å².